The van der Waals surface area contributed by atoms with Crippen LogP contribution in [0.3, 0.4) is 0 Å². The van der Waals surface area contributed by atoms with E-state index in [1.165, 1.54) is 11.3 Å². The highest BCUT2D eigenvalue weighted by molar-refractivity contribution is 9.10. The monoisotopic (exact) mass is 361 g/mol. The molecule has 0 saturated heterocycles. The predicted molar refractivity (Wildman–Crippen MR) is 84.4 cm³/mol. The van der Waals surface area contributed by atoms with Crippen LogP contribution in [-0.4, -0.2) is 11.7 Å². The number of thiophene rings is 1. The number of hydrogen-bond donors (Lipinski definition) is 1. The molecule has 1 aromatic carbocycles. The lowest BCUT2D eigenvalue weighted by Crippen LogP contribution is -2.26. The molecule has 0 fully saturated rings. The molecule has 0 spiro atoms. The van der Waals surface area contributed by atoms with Gasteiger partial charge in [0.2, 0.25) is 0 Å². The third kappa shape index (κ3) is 3.61. The van der Waals surface area contributed by atoms with Crippen molar-refractivity contribution in [3.05, 3.63) is 27.7 Å². The van der Waals surface area contributed by atoms with Gasteiger partial charge in [0.05, 0.1) is 10.0 Å². The highest BCUT2D eigenvalue weighted by Crippen LogP contribution is 2.38. The Hall–Kier alpha value is -0.780. The highest BCUT2D eigenvalue weighted by atomic mass is 79.9. The van der Waals surface area contributed by atoms with Crippen molar-refractivity contribution in [2.45, 2.75) is 26.4 Å². The first-order valence-electron chi connectivity index (χ1n) is 5.64. The van der Waals surface area contributed by atoms with Crippen LogP contribution in [-0.2, 0) is 4.74 Å². The van der Waals surface area contributed by atoms with Crippen LogP contribution in [0.15, 0.2) is 22.7 Å². The van der Waals surface area contributed by atoms with Crippen LogP contribution in [0.1, 0.15) is 20.8 Å². The number of hydrogen-bond acceptors (Lipinski definition) is 3. The fraction of sp³-hybridized carbons (Fsp3) is 0.308. The number of carbonyl (C=O) groups excluding carboxylic acids is 1. The minimum Gasteiger partial charge on any atom is -0.444 e. The number of benzene rings is 1. The molecular weight excluding hydrogens is 350 g/mol. The lowest BCUT2D eigenvalue weighted by molar-refractivity contribution is 0.0636. The van der Waals surface area contributed by atoms with E-state index in [4.69, 9.17) is 16.3 Å². The Morgan fingerprint density at radius 3 is 2.74 bits per heavy atom. The van der Waals surface area contributed by atoms with Crippen LogP contribution in [0, 0.1) is 0 Å². The van der Waals surface area contributed by atoms with E-state index in [1.807, 2.05) is 39.0 Å². The molecule has 19 heavy (non-hydrogen) atoms. The fourth-order valence-corrected chi connectivity index (χ4v) is 3.23. The van der Waals surface area contributed by atoms with Crippen LogP contribution in [0.5, 0.6) is 0 Å². The Labute approximate surface area is 129 Å². The third-order valence-electron chi connectivity index (χ3n) is 2.21. The molecule has 1 N–H and O–H groups in total. The van der Waals surface area contributed by atoms with Gasteiger partial charge in [0, 0.05) is 14.6 Å². The SMILES string of the molecule is CC(C)(C)OC(=O)Nc1cc2c(Br)c(Cl)ccc2s1. The molecule has 0 aliphatic carbocycles. The molecule has 0 aliphatic rings. The van der Waals surface area contributed by atoms with Crippen LogP contribution in [0.2, 0.25) is 5.02 Å². The highest BCUT2D eigenvalue weighted by Gasteiger charge is 2.17. The van der Waals surface area contributed by atoms with Gasteiger partial charge in [-0.15, -0.1) is 11.3 Å². The zero-order chi connectivity index (χ0) is 14.2. The van der Waals surface area contributed by atoms with Crippen LogP contribution in [0.4, 0.5) is 9.80 Å². The fourth-order valence-electron chi connectivity index (χ4n) is 1.52. The number of rotatable bonds is 1. The summed E-state index contributed by atoms with van der Waals surface area (Å²) in [6.07, 6.45) is -0.457. The van der Waals surface area contributed by atoms with Crippen molar-refractivity contribution in [2.75, 3.05) is 5.32 Å². The van der Waals surface area contributed by atoms with Crippen molar-refractivity contribution in [3.8, 4) is 0 Å². The van der Waals surface area contributed by atoms with E-state index in [-0.39, 0.29) is 0 Å². The van der Waals surface area contributed by atoms with Gasteiger partial charge in [-0.2, -0.15) is 0 Å². The molecule has 2 rings (SSSR count). The molecule has 0 unspecified atom stereocenters. The lowest BCUT2D eigenvalue weighted by atomic mass is 10.2. The van der Waals surface area contributed by atoms with E-state index < -0.39 is 11.7 Å². The van der Waals surface area contributed by atoms with E-state index in [0.717, 1.165) is 19.6 Å². The second-order valence-electron chi connectivity index (χ2n) is 5.01. The molecule has 0 radical (unpaired) electrons. The number of halogens is 2. The second-order valence-corrected chi connectivity index (χ2v) is 7.29. The molecule has 0 atom stereocenters. The van der Waals surface area contributed by atoms with Crippen molar-refractivity contribution in [3.63, 3.8) is 0 Å². The lowest BCUT2D eigenvalue weighted by Gasteiger charge is -2.19. The van der Waals surface area contributed by atoms with Gasteiger partial charge in [-0.05, 0) is 54.9 Å². The number of amides is 1. The first-order chi connectivity index (χ1) is 8.76. The first kappa shape index (κ1) is 14.6. The number of ether oxygens (including phenoxy) is 1. The maximum absolute atomic E-state index is 11.7. The largest absolute Gasteiger partial charge is 0.444 e. The number of fused-ring (bicyclic) bond motifs is 1. The summed E-state index contributed by atoms with van der Waals surface area (Å²) in [5, 5.41) is 5.08. The molecule has 6 heteroatoms. The van der Waals surface area contributed by atoms with Crippen molar-refractivity contribution < 1.29 is 9.53 Å². The van der Waals surface area contributed by atoms with E-state index in [1.54, 1.807) is 0 Å². The minimum absolute atomic E-state index is 0.457. The number of carbonyl (C=O) groups is 1. The van der Waals surface area contributed by atoms with Gasteiger partial charge in [0.25, 0.3) is 0 Å². The van der Waals surface area contributed by atoms with Crippen LogP contribution >= 0.6 is 38.9 Å². The van der Waals surface area contributed by atoms with Crippen LogP contribution in [0.25, 0.3) is 10.1 Å². The summed E-state index contributed by atoms with van der Waals surface area (Å²) < 4.78 is 7.09. The molecule has 1 amide bonds. The standard InChI is InChI=1S/C13H13BrClNO2S/c1-13(2,3)18-12(17)16-10-6-7-9(19-10)5-4-8(15)11(7)14/h4-6H,1-3H3,(H,16,17). The van der Waals surface area contributed by atoms with E-state index in [2.05, 4.69) is 21.2 Å². The molecular formula is C13H13BrClNO2S. The van der Waals surface area contributed by atoms with Gasteiger partial charge in [-0.1, -0.05) is 11.6 Å². The predicted octanol–water partition coefficient (Wildman–Crippen LogP) is 5.66. The van der Waals surface area contributed by atoms with Gasteiger partial charge >= 0.3 is 6.09 Å². The number of anilines is 1. The Morgan fingerprint density at radius 2 is 2.11 bits per heavy atom. The minimum atomic E-state index is -0.509. The van der Waals surface area contributed by atoms with Gasteiger partial charge in [-0.3, -0.25) is 5.32 Å². The summed E-state index contributed by atoms with van der Waals surface area (Å²) in [7, 11) is 0. The smallest absolute Gasteiger partial charge is 0.412 e. The Bertz CT molecular complexity index is 633. The molecule has 2 aromatic rings. The molecule has 0 aliphatic heterocycles. The summed E-state index contributed by atoms with van der Waals surface area (Å²) in [5.41, 5.74) is -0.509. The molecule has 0 bridgehead atoms. The maximum atomic E-state index is 11.7. The Balaban J connectivity index is 2.23. The van der Waals surface area contributed by atoms with E-state index in [9.17, 15) is 4.79 Å². The number of nitrogens with one attached hydrogen (secondary N) is 1. The van der Waals surface area contributed by atoms with Crippen molar-refractivity contribution in [2.24, 2.45) is 0 Å². The maximum Gasteiger partial charge on any atom is 0.412 e. The summed E-state index contributed by atoms with van der Waals surface area (Å²) in [6, 6.07) is 5.62. The zero-order valence-corrected chi connectivity index (χ0v) is 13.9. The first-order valence-corrected chi connectivity index (χ1v) is 7.62. The molecule has 1 heterocycles. The van der Waals surface area contributed by atoms with Crippen molar-refractivity contribution in [1.29, 1.82) is 0 Å². The zero-order valence-electron chi connectivity index (χ0n) is 10.7. The average molecular weight is 363 g/mol. The summed E-state index contributed by atoms with van der Waals surface area (Å²) in [6.45, 7) is 5.48. The van der Waals surface area contributed by atoms with Gasteiger partial charge in [-0.25, -0.2) is 4.79 Å². The van der Waals surface area contributed by atoms with Gasteiger partial charge in [0.1, 0.15) is 5.60 Å². The normalized spacial score (nSPS) is 11.6. The summed E-state index contributed by atoms with van der Waals surface area (Å²) in [5.74, 6) is 0. The molecule has 3 nitrogen and oxygen atoms in total. The Kier molecular flexibility index (Phi) is 4.08. The third-order valence-corrected chi connectivity index (χ3v) is 4.63. The van der Waals surface area contributed by atoms with Gasteiger partial charge < -0.3 is 4.74 Å². The Morgan fingerprint density at radius 1 is 1.42 bits per heavy atom. The molecule has 0 saturated carbocycles. The van der Waals surface area contributed by atoms with E-state index in [0.29, 0.717) is 5.02 Å². The summed E-state index contributed by atoms with van der Waals surface area (Å²) in [4.78, 5) is 11.7. The van der Waals surface area contributed by atoms with Gasteiger partial charge in [0.15, 0.2) is 0 Å². The van der Waals surface area contributed by atoms with Crippen molar-refractivity contribution in [1.82, 2.24) is 0 Å². The van der Waals surface area contributed by atoms with Crippen molar-refractivity contribution >= 4 is 60.0 Å². The average Bonchev–Trinajstić information content (AvgIpc) is 2.64. The van der Waals surface area contributed by atoms with Crippen LogP contribution < -0.4 is 5.32 Å². The topological polar surface area (TPSA) is 38.3 Å². The van der Waals surface area contributed by atoms with E-state index >= 15 is 0 Å². The summed E-state index contributed by atoms with van der Waals surface area (Å²) >= 11 is 10.9. The second kappa shape index (κ2) is 5.31. The molecule has 102 valence electrons. The quantitative estimate of drug-likeness (QED) is 0.710. The molecule has 1 aromatic heterocycles.